The molecule has 1 atom stereocenters. The molecule has 1 aromatic heterocycles. The molecule has 1 saturated carbocycles. The molecule has 31 heavy (non-hydrogen) atoms. The van der Waals surface area contributed by atoms with E-state index in [0.717, 1.165) is 12.8 Å². The third-order valence-corrected chi connectivity index (χ3v) is 5.42. The second-order valence-corrected chi connectivity index (χ2v) is 7.84. The summed E-state index contributed by atoms with van der Waals surface area (Å²) in [5, 5.41) is 3.31. The first-order valence-electron chi connectivity index (χ1n) is 9.60. The number of amides is 1. The summed E-state index contributed by atoms with van der Waals surface area (Å²) >= 11 is 1.30. The number of hydrogen-bond acceptors (Lipinski definition) is 5. The molecule has 1 amide bonds. The van der Waals surface area contributed by atoms with Gasteiger partial charge in [-0.15, -0.1) is 0 Å². The molecule has 1 aliphatic carbocycles. The van der Waals surface area contributed by atoms with Gasteiger partial charge in [-0.3, -0.25) is 9.36 Å². The van der Waals surface area contributed by atoms with E-state index >= 15 is 0 Å². The summed E-state index contributed by atoms with van der Waals surface area (Å²) in [6.45, 7) is 0. The Labute approximate surface area is 181 Å². The SMILES string of the molecule is CSc1ncc(C(=O)OC(C(=O)NC2CC2)c2ccc(F)cc2)n1-c1ccc(F)cc1. The third-order valence-electron chi connectivity index (χ3n) is 4.77. The Morgan fingerprint density at radius 1 is 1.10 bits per heavy atom. The number of carbonyl (C=O) groups is 2. The van der Waals surface area contributed by atoms with E-state index in [1.807, 2.05) is 0 Å². The Bertz CT molecular complexity index is 1100. The summed E-state index contributed by atoms with van der Waals surface area (Å²) in [5.41, 5.74) is 0.962. The van der Waals surface area contributed by atoms with Gasteiger partial charge in [0.2, 0.25) is 6.10 Å². The third kappa shape index (κ3) is 4.77. The van der Waals surface area contributed by atoms with Crippen LogP contribution in [0.3, 0.4) is 0 Å². The highest BCUT2D eigenvalue weighted by Gasteiger charge is 2.32. The van der Waals surface area contributed by atoms with Crippen LogP contribution < -0.4 is 5.32 Å². The Hall–Kier alpha value is -3.20. The molecule has 2 aromatic carbocycles. The first-order valence-corrected chi connectivity index (χ1v) is 10.8. The topological polar surface area (TPSA) is 73.2 Å². The van der Waals surface area contributed by atoms with Crippen molar-refractivity contribution in [3.8, 4) is 5.69 Å². The lowest BCUT2D eigenvalue weighted by atomic mass is 10.1. The Morgan fingerprint density at radius 3 is 2.29 bits per heavy atom. The number of rotatable bonds is 7. The highest BCUT2D eigenvalue weighted by Crippen LogP contribution is 2.27. The number of esters is 1. The number of benzene rings is 2. The van der Waals surface area contributed by atoms with Crippen molar-refractivity contribution in [3.05, 3.63) is 77.6 Å². The summed E-state index contributed by atoms with van der Waals surface area (Å²) in [6.07, 6.45) is 3.62. The number of carbonyl (C=O) groups excluding carboxylic acids is 2. The van der Waals surface area contributed by atoms with Crippen molar-refractivity contribution in [1.29, 1.82) is 0 Å². The van der Waals surface area contributed by atoms with Crippen molar-refractivity contribution >= 4 is 23.6 Å². The number of thioether (sulfide) groups is 1. The molecule has 160 valence electrons. The van der Waals surface area contributed by atoms with Crippen LogP contribution in [0.1, 0.15) is 35.0 Å². The number of ether oxygens (including phenoxy) is 1. The van der Waals surface area contributed by atoms with Gasteiger partial charge >= 0.3 is 5.97 Å². The zero-order chi connectivity index (χ0) is 22.0. The van der Waals surface area contributed by atoms with Gasteiger partial charge in [-0.05, 0) is 55.5 Å². The van der Waals surface area contributed by atoms with Gasteiger partial charge in [-0.2, -0.15) is 0 Å². The monoisotopic (exact) mass is 443 g/mol. The number of aromatic nitrogens is 2. The molecule has 0 aliphatic heterocycles. The second kappa shape index (κ2) is 8.89. The molecule has 3 aromatic rings. The van der Waals surface area contributed by atoms with Gasteiger partial charge in [-0.1, -0.05) is 23.9 Å². The van der Waals surface area contributed by atoms with E-state index in [9.17, 15) is 18.4 Å². The number of halogens is 2. The second-order valence-electron chi connectivity index (χ2n) is 7.06. The summed E-state index contributed by atoms with van der Waals surface area (Å²) in [6, 6.07) is 10.9. The van der Waals surface area contributed by atoms with Crippen LogP contribution in [0.4, 0.5) is 8.78 Å². The minimum Gasteiger partial charge on any atom is -0.443 e. The van der Waals surface area contributed by atoms with E-state index in [1.165, 1.54) is 71.1 Å². The van der Waals surface area contributed by atoms with Gasteiger partial charge in [0, 0.05) is 17.3 Å². The van der Waals surface area contributed by atoms with Gasteiger partial charge in [0.25, 0.3) is 5.91 Å². The molecule has 0 radical (unpaired) electrons. The highest BCUT2D eigenvalue weighted by molar-refractivity contribution is 7.98. The summed E-state index contributed by atoms with van der Waals surface area (Å²) in [5.74, 6) is -2.12. The minimum absolute atomic E-state index is 0.0574. The first-order chi connectivity index (χ1) is 15.0. The van der Waals surface area contributed by atoms with Gasteiger partial charge in [0.1, 0.15) is 11.6 Å². The van der Waals surface area contributed by atoms with Crippen molar-refractivity contribution in [2.24, 2.45) is 0 Å². The Kier molecular flexibility index (Phi) is 6.03. The zero-order valence-electron chi connectivity index (χ0n) is 16.5. The molecule has 9 heteroatoms. The largest absolute Gasteiger partial charge is 0.443 e. The predicted molar refractivity (Wildman–Crippen MR) is 111 cm³/mol. The summed E-state index contributed by atoms with van der Waals surface area (Å²) in [7, 11) is 0. The maximum absolute atomic E-state index is 13.4. The van der Waals surface area contributed by atoms with Crippen LogP contribution in [0.15, 0.2) is 59.9 Å². The number of nitrogens with one attached hydrogen (secondary N) is 1. The predicted octanol–water partition coefficient (Wildman–Crippen LogP) is 4.05. The molecule has 1 unspecified atom stereocenters. The maximum atomic E-state index is 13.4. The molecule has 1 N–H and O–H groups in total. The maximum Gasteiger partial charge on any atom is 0.358 e. The zero-order valence-corrected chi connectivity index (χ0v) is 17.4. The van der Waals surface area contributed by atoms with Crippen LogP contribution in [-0.4, -0.2) is 33.7 Å². The van der Waals surface area contributed by atoms with Crippen molar-refractivity contribution in [1.82, 2.24) is 14.9 Å². The highest BCUT2D eigenvalue weighted by atomic mass is 32.2. The fourth-order valence-corrected chi connectivity index (χ4v) is 3.59. The lowest BCUT2D eigenvalue weighted by molar-refractivity contribution is -0.130. The fourth-order valence-electron chi connectivity index (χ4n) is 3.05. The van der Waals surface area contributed by atoms with E-state index in [2.05, 4.69) is 10.3 Å². The van der Waals surface area contributed by atoms with E-state index in [-0.39, 0.29) is 11.7 Å². The van der Waals surface area contributed by atoms with Crippen molar-refractivity contribution in [2.75, 3.05) is 6.26 Å². The molecule has 1 fully saturated rings. The van der Waals surface area contributed by atoms with Crippen LogP contribution in [0, 0.1) is 11.6 Å². The fraction of sp³-hybridized carbons (Fsp3) is 0.227. The molecule has 0 bridgehead atoms. The Morgan fingerprint density at radius 2 is 1.71 bits per heavy atom. The van der Waals surface area contributed by atoms with E-state index in [0.29, 0.717) is 16.4 Å². The van der Waals surface area contributed by atoms with Crippen molar-refractivity contribution in [2.45, 2.75) is 30.1 Å². The Balaban J connectivity index is 1.65. The smallest absolute Gasteiger partial charge is 0.358 e. The molecule has 4 rings (SSSR count). The number of nitrogens with zero attached hydrogens (tertiary/aromatic N) is 2. The van der Waals surface area contributed by atoms with Crippen molar-refractivity contribution in [3.63, 3.8) is 0 Å². The molecule has 0 spiro atoms. The quantitative estimate of drug-likeness (QED) is 0.441. The molecular formula is C22H19F2N3O3S. The lowest BCUT2D eigenvalue weighted by Gasteiger charge is -2.19. The average Bonchev–Trinajstić information content (AvgIpc) is 3.47. The number of imidazole rings is 1. The number of hydrogen-bond donors (Lipinski definition) is 1. The normalized spacial score (nSPS) is 14.2. The average molecular weight is 443 g/mol. The van der Waals surface area contributed by atoms with Crippen LogP contribution >= 0.6 is 11.8 Å². The van der Waals surface area contributed by atoms with Crippen LogP contribution in [0.5, 0.6) is 0 Å². The first kappa shape index (κ1) is 21.0. The van der Waals surface area contributed by atoms with E-state index < -0.39 is 29.6 Å². The molecule has 6 nitrogen and oxygen atoms in total. The molecule has 1 aliphatic rings. The van der Waals surface area contributed by atoms with E-state index in [4.69, 9.17) is 4.74 Å². The molecule has 0 saturated heterocycles. The lowest BCUT2D eigenvalue weighted by Crippen LogP contribution is -2.33. The van der Waals surface area contributed by atoms with Crippen molar-refractivity contribution < 1.29 is 23.1 Å². The van der Waals surface area contributed by atoms with Gasteiger partial charge in [0.15, 0.2) is 10.9 Å². The van der Waals surface area contributed by atoms with E-state index in [1.54, 1.807) is 6.26 Å². The summed E-state index contributed by atoms with van der Waals surface area (Å²) in [4.78, 5) is 30.1. The van der Waals surface area contributed by atoms with Crippen LogP contribution in [0.2, 0.25) is 0 Å². The standard InChI is InChI=1S/C22H19F2N3O3S/c1-31-22-25-12-18(27(22)17-10-6-15(24)7-11-17)21(29)30-19(20(28)26-16-8-9-16)13-2-4-14(23)5-3-13/h2-7,10-12,16,19H,8-9H2,1H3,(H,26,28). The van der Waals surface area contributed by atoms with Crippen LogP contribution in [-0.2, 0) is 9.53 Å². The minimum atomic E-state index is -1.25. The summed E-state index contributed by atoms with van der Waals surface area (Å²) < 4.78 is 33.8. The van der Waals surface area contributed by atoms with Gasteiger partial charge < -0.3 is 10.1 Å². The van der Waals surface area contributed by atoms with Gasteiger partial charge in [-0.25, -0.2) is 18.6 Å². The molecule has 1 heterocycles. The van der Waals surface area contributed by atoms with Gasteiger partial charge in [0.05, 0.1) is 6.20 Å². The van der Waals surface area contributed by atoms with Crippen LogP contribution in [0.25, 0.3) is 5.69 Å². The molecular weight excluding hydrogens is 424 g/mol.